The standard InChI is InChI=1S/C11H13NO3/c1-8(13)12-10(11(14)15)7-9-5-3-2-4-6-9/h2-6,10H,7H2,1H3,(H,12,13)(H,14,15)/t10-/m0/s1/i2D,3D,4D,5D,6D. The van der Waals surface area contributed by atoms with Crippen LogP contribution in [0.5, 0.6) is 0 Å². The molecule has 0 aliphatic rings. The predicted octanol–water partition coefficient (Wildman–Crippen LogP) is 0.818. The summed E-state index contributed by atoms with van der Waals surface area (Å²) >= 11 is 0. The van der Waals surface area contributed by atoms with Crippen LogP contribution in [-0.4, -0.2) is 23.0 Å². The van der Waals surface area contributed by atoms with E-state index in [9.17, 15) is 9.59 Å². The molecule has 0 heterocycles. The SMILES string of the molecule is [2H]c1c([2H])c([2H])c(C[C@H](NC(C)=O)C(=O)O)c([2H])c1[2H]. The van der Waals surface area contributed by atoms with E-state index < -0.39 is 48.1 Å². The van der Waals surface area contributed by atoms with E-state index in [1.54, 1.807) is 0 Å². The van der Waals surface area contributed by atoms with Gasteiger partial charge in [0, 0.05) is 13.3 Å². The van der Waals surface area contributed by atoms with Gasteiger partial charge in [0.2, 0.25) is 5.91 Å². The molecule has 0 radical (unpaired) electrons. The molecule has 0 aliphatic carbocycles. The van der Waals surface area contributed by atoms with Gasteiger partial charge < -0.3 is 10.4 Å². The second-order valence-electron chi connectivity index (χ2n) is 2.90. The van der Waals surface area contributed by atoms with Crippen molar-refractivity contribution in [2.24, 2.45) is 0 Å². The number of hydrogen-bond donors (Lipinski definition) is 2. The molecular formula is C11H13NO3. The summed E-state index contributed by atoms with van der Waals surface area (Å²) in [4.78, 5) is 22.0. The quantitative estimate of drug-likeness (QED) is 0.776. The van der Waals surface area contributed by atoms with Crippen molar-refractivity contribution in [3.05, 3.63) is 35.8 Å². The number of carboxylic acids is 1. The molecule has 2 N–H and O–H groups in total. The predicted molar refractivity (Wildman–Crippen MR) is 55.4 cm³/mol. The van der Waals surface area contributed by atoms with Crippen molar-refractivity contribution in [2.45, 2.75) is 19.4 Å². The Balaban J connectivity index is 3.26. The lowest BCUT2D eigenvalue weighted by Gasteiger charge is -2.12. The van der Waals surface area contributed by atoms with Crippen molar-refractivity contribution in [3.63, 3.8) is 0 Å². The van der Waals surface area contributed by atoms with Crippen LogP contribution < -0.4 is 5.32 Å². The van der Waals surface area contributed by atoms with Gasteiger partial charge >= 0.3 is 5.97 Å². The van der Waals surface area contributed by atoms with Gasteiger partial charge in [0.25, 0.3) is 0 Å². The first kappa shape index (κ1) is 5.90. The van der Waals surface area contributed by atoms with Crippen LogP contribution in [0.15, 0.2) is 30.2 Å². The first-order valence-corrected chi connectivity index (χ1v) is 4.22. The first-order valence-electron chi connectivity index (χ1n) is 6.72. The van der Waals surface area contributed by atoms with Crippen LogP contribution in [0.2, 0.25) is 0 Å². The Bertz CT molecular complexity index is 547. The normalized spacial score (nSPS) is 16.5. The highest BCUT2D eigenvalue weighted by atomic mass is 16.4. The molecule has 0 unspecified atom stereocenters. The average molecular weight is 212 g/mol. The van der Waals surface area contributed by atoms with Crippen molar-refractivity contribution in [1.82, 2.24) is 5.32 Å². The molecule has 4 heteroatoms. The van der Waals surface area contributed by atoms with Crippen LogP contribution >= 0.6 is 0 Å². The second kappa shape index (κ2) is 5.14. The highest BCUT2D eigenvalue weighted by Crippen LogP contribution is 2.03. The second-order valence-corrected chi connectivity index (χ2v) is 2.90. The summed E-state index contributed by atoms with van der Waals surface area (Å²) in [6, 6.07) is -3.90. The molecule has 4 nitrogen and oxygen atoms in total. The summed E-state index contributed by atoms with van der Waals surface area (Å²) in [7, 11) is 0. The van der Waals surface area contributed by atoms with Gasteiger partial charge in [-0.1, -0.05) is 30.2 Å². The van der Waals surface area contributed by atoms with E-state index in [0.717, 1.165) is 6.92 Å². The lowest BCUT2D eigenvalue weighted by Crippen LogP contribution is -2.41. The van der Waals surface area contributed by atoms with E-state index in [1.807, 2.05) is 0 Å². The molecule has 1 aromatic carbocycles. The van der Waals surface area contributed by atoms with Crippen LogP contribution in [0, 0.1) is 0 Å². The lowest BCUT2D eigenvalue weighted by atomic mass is 10.1. The molecule has 0 aromatic heterocycles. The highest BCUT2D eigenvalue weighted by Gasteiger charge is 2.18. The summed E-state index contributed by atoms with van der Waals surface area (Å²) in [5.41, 5.74) is -0.142. The van der Waals surface area contributed by atoms with Crippen molar-refractivity contribution < 1.29 is 21.5 Å². The monoisotopic (exact) mass is 212 g/mol. The van der Waals surface area contributed by atoms with Gasteiger partial charge in [0.05, 0.1) is 6.85 Å². The number of carbonyl (C=O) groups is 2. The van der Waals surface area contributed by atoms with Crippen molar-refractivity contribution in [1.29, 1.82) is 0 Å². The molecule has 80 valence electrons. The van der Waals surface area contributed by atoms with Gasteiger partial charge in [-0.25, -0.2) is 4.79 Å². The molecule has 1 amide bonds. The average Bonchev–Trinajstić information content (AvgIpc) is 2.37. The van der Waals surface area contributed by atoms with Crippen LogP contribution in [0.1, 0.15) is 19.3 Å². The zero-order valence-corrected chi connectivity index (χ0v) is 8.05. The van der Waals surface area contributed by atoms with E-state index in [1.165, 1.54) is 0 Å². The number of aliphatic carboxylic acids is 1. The van der Waals surface area contributed by atoms with Gasteiger partial charge in [-0.3, -0.25) is 4.79 Å². The number of carboxylic acid groups (broad SMARTS) is 1. The van der Waals surface area contributed by atoms with Crippen LogP contribution in [0.4, 0.5) is 0 Å². The topological polar surface area (TPSA) is 66.4 Å². The highest BCUT2D eigenvalue weighted by molar-refractivity contribution is 5.82. The van der Waals surface area contributed by atoms with E-state index >= 15 is 0 Å². The van der Waals surface area contributed by atoms with Gasteiger partial charge in [0.15, 0.2) is 0 Å². The molecule has 1 atom stereocenters. The van der Waals surface area contributed by atoms with Crippen LogP contribution in [0.3, 0.4) is 0 Å². The van der Waals surface area contributed by atoms with Gasteiger partial charge in [0.1, 0.15) is 6.04 Å². The Morgan fingerprint density at radius 3 is 2.53 bits per heavy atom. The number of nitrogens with one attached hydrogen (secondary N) is 1. The van der Waals surface area contributed by atoms with E-state index in [0.29, 0.717) is 0 Å². The molecule has 15 heavy (non-hydrogen) atoms. The first-order chi connectivity index (χ1) is 9.16. The van der Waals surface area contributed by atoms with E-state index in [4.69, 9.17) is 12.0 Å². The Kier molecular flexibility index (Phi) is 2.02. The van der Waals surface area contributed by atoms with E-state index in [2.05, 4.69) is 5.32 Å². The maximum atomic E-state index is 11.0. The minimum absolute atomic E-state index is 0.142. The Morgan fingerprint density at radius 2 is 2.07 bits per heavy atom. The molecule has 0 bridgehead atoms. The fourth-order valence-corrected chi connectivity index (χ4v) is 1.03. The number of benzene rings is 1. The van der Waals surface area contributed by atoms with Crippen LogP contribution in [-0.2, 0) is 16.0 Å². The molecule has 0 spiro atoms. The van der Waals surface area contributed by atoms with Crippen molar-refractivity contribution in [3.8, 4) is 0 Å². The van der Waals surface area contributed by atoms with Gasteiger partial charge in [-0.2, -0.15) is 0 Å². The van der Waals surface area contributed by atoms with Gasteiger partial charge in [-0.05, 0) is 5.56 Å². The lowest BCUT2D eigenvalue weighted by molar-refractivity contribution is -0.141. The van der Waals surface area contributed by atoms with Crippen molar-refractivity contribution >= 4 is 11.9 Å². The zero-order chi connectivity index (χ0) is 15.6. The molecule has 0 saturated carbocycles. The molecular weight excluding hydrogens is 194 g/mol. The zero-order valence-electron chi connectivity index (χ0n) is 13.0. The molecule has 1 aromatic rings. The third-order valence-electron chi connectivity index (χ3n) is 1.64. The Hall–Kier alpha value is -1.84. The maximum absolute atomic E-state index is 11.0. The number of amides is 1. The summed E-state index contributed by atoms with van der Waals surface area (Å²) < 4.78 is 37.8. The number of carbonyl (C=O) groups excluding carboxylic acids is 1. The Morgan fingerprint density at radius 1 is 1.47 bits per heavy atom. The maximum Gasteiger partial charge on any atom is 0.326 e. The smallest absolute Gasteiger partial charge is 0.326 e. The summed E-state index contributed by atoms with van der Waals surface area (Å²) in [6.07, 6.45) is -0.384. The molecule has 0 aliphatic heterocycles. The molecule has 0 fully saturated rings. The minimum atomic E-state index is -1.35. The molecule has 1 rings (SSSR count). The largest absolute Gasteiger partial charge is 0.480 e. The van der Waals surface area contributed by atoms with E-state index in [-0.39, 0.29) is 12.0 Å². The number of hydrogen-bond acceptors (Lipinski definition) is 2. The Labute approximate surface area is 94.9 Å². The molecule has 0 saturated heterocycles. The fraction of sp³-hybridized carbons (Fsp3) is 0.273. The summed E-state index contributed by atoms with van der Waals surface area (Å²) in [6.45, 7) is 1.14. The fourth-order valence-electron chi connectivity index (χ4n) is 1.03. The number of rotatable bonds is 4. The summed E-state index contributed by atoms with van der Waals surface area (Å²) in [5.74, 6) is -1.92. The third-order valence-corrected chi connectivity index (χ3v) is 1.64. The van der Waals surface area contributed by atoms with Crippen molar-refractivity contribution in [2.75, 3.05) is 0 Å². The summed E-state index contributed by atoms with van der Waals surface area (Å²) in [5, 5.41) is 11.2. The minimum Gasteiger partial charge on any atom is -0.480 e. The van der Waals surface area contributed by atoms with Gasteiger partial charge in [-0.15, -0.1) is 0 Å². The van der Waals surface area contributed by atoms with Crippen LogP contribution in [0.25, 0.3) is 0 Å². The third kappa shape index (κ3) is 3.81.